The molecule has 17 heavy (non-hydrogen) atoms. The van der Waals surface area contributed by atoms with Gasteiger partial charge in [-0.3, -0.25) is 4.79 Å². The summed E-state index contributed by atoms with van der Waals surface area (Å²) < 4.78 is 37.5. The van der Waals surface area contributed by atoms with Crippen LogP contribution in [0.15, 0.2) is 24.3 Å². The molecule has 2 rings (SSSR count). The number of alkyl halides is 3. The molecule has 1 heterocycles. The molecule has 1 aromatic rings. The highest BCUT2D eigenvalue weighted by Crippen LogP contribution is 2.31. The van der Waals surface area contributed by atoms with Crippen molar-refractivity contribution in [1.29, 1.82) is 0 Å². The van der Waals surface area contributed by atoms with Gasteiger partial charge in [0.15, 0.2) is 0 Å². The molecule has 0 bridgehead atoms. The Kier molecular flexibility index (Phi) is 3.47. The minimum absolute atomic E-state index is 0.131. The molecule has 0 amide bonds. The molecule has 0 N–H and O–H groups in total. The van der Waals surface area contributed by atoms with Gasteiger partial charge in [0.1, 0.15) is 5.78 Å². The van der Waals surface area contributed by atoms with Gasteiger partial charge in [-0.05, 0) is 18.1 Å². The van der Waals surface area contributed by atoms with Crippen molar-refractivity contribution < 1.29 is 18.0 Å². The summed E-state index contributed by atoms with van der Waals surface area (Å²) in [5.74, 6) is 0.677. The molecule has 1 fully saturated rings. The molecule has 1 nitrogen and oxygen atoms in total. The van der Waals surface area contributed by atoms with Crippen molar-refractivity contribution in [2.75, 3.05) is 5.75 Å². The van der Waals surface area contributed by atoms with Gasteiger partial charge in [-0.15, -0.1) is 11.8 Å². The molecule has 1 unspecified atom stereocenters. The quantitative estimate of drug-likeness (QED) is 0.811. The number of thioether (sulfide) groups is 1. The molecule has 1 atom stereocenters. The third-order valence-electron chi connectivity index (χ3n) is 2.65. The molecule has 1 aromatic carbocycles. The van der Waals surface area contributed by atoms with E-state index in [1.54, 1.807) is 6.07 Å². The molecule has 0 aromatic heterocycles. The fraction of sp³-hybridized carbons (Fsp3) is 0.417. The Morgan fingerprint density at radius 2 is 2.12 bits per heavy atom. The van der Waals surface area contributed by atoms with Gasteiger partial charge in [0.25, 0.3) is 0 Å². The fourth-order valence-corrected chi connectivity index (χ4v) is 3.00. The summed E-state index contributed by atoms with van der Waals surface area (Å²) in [7, 11) is 0. The van der Waals surface area contributed by atoms with E-state index in [-0.39, 0.29) is 11.0 Å². The van der Waals surface area contributed by atoms with Crippen LogP contribution < -0.4 is 0 Å². The fourth-order valence-electron chi connectivity index (χ4n) is 1.85. The van der Waals surface area contributed by atoms with Gasteiger partial charge in [-0.2, -0.15) is 13.2 Å². The lowest BCUT2D eigenvalue weighted by atomic mass is 10.0. The summed E-state index contributed by atoms with van der Waals surface area (Å²) in [6, 6.07) is 5.33. The molecular weight excluding hydrogens is 249 g/mol. The zero-order valence-electron chi connectivity index (χ0n) is 8.96. The molecule has 92 valence electrons. The lowest BCUT2D eigenvalue weighted by molar-refractivity contribution is -0.137. The Morgan fingerprint density at radius 3 is 2.71 bits per heavy atom. The molecule has 1 aliphatic rings. The minimum Gasteiger partial charge on any atom is -0.299 e. The van der Waals surface area contributed by atoms with Crippen molar-refractivity contribution >= 4 is 17.5 Å². The maximum Gasteiger partial charge on any atom is 0.416 e. The van der Waals surface area contributed by atoms with Crippen LogP contribution in [0.25, 0.3) is 0 Å². The molecule has 0 radical (unpaired) electrons. The van der Waals surface area contributed by atoms with E-state index in [0.29, 0.717) is 24.2 Å². The van der Waals surface area contributed by atoms with Gasteiger partial charge in [-0.1, -0.05) is 18.2 Å². The number of Topliss-reactive ketones (excluding diaryl/α,β-unsaturated/α-hetero) is 1. The second-order valence-electron chi connectivity index (χ2n) is 4.08. The SMILES string of the molecule is O=C1CSC(Cc2cccc(C(F)(F)F)c2)C1. The van der Waals surface area contributed by atoms with Crippen molar-refractivity contribution in [3.05, 3.63) is 35.4 Å². The number of benzene rings is 1. The van der Waals surface area contributed by atoms with Crippen LogP contribution in [0, 0.1) is 0 Å². The zero-order chi connectivity index (χ0) is 12.5. The predicted octanol–water partition coefficient (Wildman–Crippen LogP) is 3.32. The van der Waals surface area contributed by atoms with Crippen LogP contribution in [0.2, 0.25) is 0 Å². The first kappa shape index (κ1) is 12.5. The minimum atomic E-state index is -4.30. The van der Waals surface area contributed by atoms with Crippen molar-refractivity contribution in [2.24, 2.45) is 0 Å². The Labute approximate surface area is 101 Å². The number of halogens is 3. The number of ketones is 1. The van der Waals surface area contributed by atoms with E-state index in [4.69, 9.17) is 0 Å². The molecule has 0 saturated carbocycles. The second kappa shape index (κ2) is 4.72. The van der Waals surface area contributed by atoms with Gasteiger partial charge in [0, 0.05) is 11.7 Å². The van der Waals surface area contributed by atoms with Crippen LogP contribution in [0.4, 0.5) is 13.2 Å². The average Bonchev–Trinajstić information content (AvgIpc) is 2.63. The van der Waals surface area contributed by atoms with Crippen LogP contribution in [0.3, 0.4) is 0 Å². The number of carbonyl (C=O) groups excluding carboxylic acids is 1. The number of carbonyl (C=O) groups is 1. The topological polar surface area (TPSA) is 17.1 Å². The Morgan fingerprint density at radius 1 is 1.35 bits per heavy atom. The van der Waals surface area contributed by atoms with Crippen molar-refractivity contribution in [2.45, 2.75) is 24.3 Å². The molecule has 0 spiro atoms. The van der Waals surface area contributed by atoms with Crippen LogP contribution in [0.5, 0.6) is 0 Å². The monoisotopic (exact) mass is 260 g/mol. The Hall–Kier alpha value is -0.970. The van der Waals surface area contributed by atoms with E-state index >= 15 is 0 Å². The van der Waals surface area contributed by atoms with E-state index < -0.39 is 11.7 Å². The third-order valence-corrected chi connectivity index (χ3v) is 3.95. The number of rotatable bonds is 2. The average molecular weight is 260 g/mol. The predicted molar refractivity (Wildman–Crippen MR) is 61.0 cm³/mol. The van der Waals surface area contributed by atoms with Gasteiger partial charge >= 0.3 is 6.18 Å². The largest absolute Gasteiger partial charge is 0.416 e. The van der Waals surface area contributed by atoms with E-state index in [1.165, 1.54) is 23.9 Å². The highest BCUT2D eigenvalue weighted by molar-refractivity contribution is 8.01. The van der Waals surface area contributed by atoms with Gasteiger partial charge in [-0.25, -0.2) is 0 Å². The summed E-state index contributed by atoms with van der Waals surface area (Å²) in [5.41, 5.74) is 0.0244. The molecule has 1 aliphatic heterocycles. The van der Waals surface area contributed by atoms with Crippen LogP contribution in [0.1, 0.15) is 17.5 Å². The van der Waals surface area contributed by atoms with Gasteiger partial charge in [0.05, 0.1) is 11.3 Å². The smallest absolute Gasteiger partial charge is 0.299 e. The standard InChI is InChI=1S/C12H11F3OS/c13-12(14,15)9-3-1-2-8(4-9)5-11-6-10(16)7-17-11/h1-4,11H,5-7H2. The van der Waals surface area contributed by atoms with Crippen molar-refractivity contribution in [1.82, 2.24) is 0 Å². The summed E-state index contributed by atoms with van der Waals surface area (Å²) >= 11 is 1.53. The normalized spacial score (nSPS) is 20.9. The van der Waals surface area contributed by atoms with Crippen LogP contribution in [-0.2, 0) is 17.4 Å². The molecule has 1 saturated heterocycles. The molecular formula is C12H11F3OS. The molecule has 5 heteroatoms. The lowest BCUT2D eigenvalue weighted by Crippen LogP contribution is -2.08. The first-order chi connectivity index (χ1) is 7.95. The zero-order valence-corrected chi connectivity index (χ0v) is 9.77. The van der Waals surface area contributed by atoms with Crippen LogP contribution >= 0.6 is 11.8 Å². The maximum absolute atomic E-state index is 12.5. The summed E-state index contributed by atoms with van der Waals surface area (Å²) in [4.78, 5) is 11.1. The number of hydrogen-bond donors (Lipinski definition) is 0. The lowest BCUT2D eigenvalue weighted by Gasteiger charge is -2.11. The summed E-state index contributed by atoms with van der Waals surface area (Å²) in [6.45, 7) is 0. The van der Waals surface area contributed by atoms with Crippen molar-refractivity contribution in [3.63, 3.8) is 0 Å². The van der Waals surface area contributed by atoms with Crippen LogP contribution in [-0.4, -0.2) is 16.8 Å². The van der Waals surface area contributed by atoms with E-state index in [9.17, 15) is 18.0 Å². The highest BCUT2D eigenvalue weighted by Gasteiger charge is 2.31. The van der Waals surface area contributed by atoms with E-state index in [2.05, 4.69) is 0 Å². The molecule has 0 aliphatic carbocycles. The van der Waals surface area contributed by atoms with E-state index in [1.807, 2.05) is 0 Å². The maximum atomic E-state index is 12.5. The van der Waals surface area contributed by atoms with Gasteiger partial charge < -0.3 is 0 Å². The van der Waals surface area contributed by atoms with Crippen molar-refractivity contribution in [3.8, 4) is 0 Å². The van der Waals surface area contributed by atoms with E-state index in [0.717, 1.165) is 6.07 Å². The third kappa shape index (κ3) is 3.25. The second-order valence-corrected chi connectivity index (χ2v) is 5.37. The van der Waals surface area contributed by atoms with Gasteiger partial charge in [0.2, 0.25) is 0 Å². The first-order valence-electron chi connectivity index (χ1n) is 5.24. The summed E-state index contributed by atoms with van der Waals surface area (Å²) in [6.07, 6.45) is -3.30. The Balaban J connectivity index is 2.09. The first-order valence-corrected chi connectivity index (χ1v) is 6.29. The number of hydrogen-bond acceptors (Lipinski definition) is 2. The summed E-state index contributed by atoms with van der Waals surface area (Å²) in [5, 5.41) is 0.131. The Bertz CT molecular complexity index is 428. The highest BCUT2D eigenvalue weighted by atomic mass is 32.2.